The number of para-hydroxylation sites is 1. The normalized spacial score (nSPS) is 23.7. The number of amides is 2. The fraction of sp³-hybridized carbons (Fsp3) is 0.267. The summed E-state index contributed by atoms with van der Waals surface area (Å²) in [6, 6.07) is 7.16. The highest BCUT2D eigenvalue weighted by atomic mass is 32.1. The molecule has 0 aliphatic carbocycles. The summed E-state index contributed by atoms with van der Waals surface area (Å²) in [4.78, 5) is 23.9. The number of nitrogens with one attached hydrogen (secondary N) is 1. The highest BCUT2D eigenvalue weighted by Gasteiger charge is 2.46. The number of methoxy groups -OCH3 is 1. The number of hydrogen-bond donors (Lipinski definition) is 4. The molecule has 2 rings (SSSR count). The van der Waals surface area contributed by atoms with E-state index in [1.165, 1.54) is 13.2 Å². The number of primary amides is 2. The van der Waals surface area contributed by atoms with Crippen LogP contribution in [-0.4, -0.2) is 30.1 Å². The Labute approximate surface area is 138 Å². The first-order chi connectivity index (χ1) is 10.8. The molecular formula is C15H18N4O3S. The Balaban J connectivity index is 2.57. The third-order valence-corrected chi connectivity index (χ3v) is 4.23. The van der Waals surface area contributed by atoms with E-state index in [4.69, 9.17) is 34.2 Å². The lowest BCUT2D eigenvalue weighted by atomic mass is 9.74. The van der Waals surface area contributed by atoms with E-state index < -0.39 is 23.4 Å². The third kappa shape index (κ3) is 3.03. The first kappa shape index (κ1) is 16.9. The predicted octanol–water partition coefficient (Wildman–Crippen LogP) is -0.663. The Bertz CT molecular complexity index is 704. The molecule has 0 saturated heterocycles. The van der Waals surface area contributed by atoms with Crippen molar-refractivity contribution < 1.29 is 14.3 Å². The number of hydrogen-bond acceptors (Lipinski definition) is 5. The van der Waals surface area contributed by atoms with Gasteiger partial charge in [-0.25, -0.2) is 0 Å². The van der Waals surface area contributed by atoms with Gasteiger partial charge in [0, 0.05) is 0 Å². The summed E-state index contributed by atoms with van der Waals surface area (Å²) in [5.41, 5.74) is 16.4. The maximum Gasteiger partial charge on any atom is 0.251 e. The van der Waals surface area contributed by atoms with Crippen LogP contribution >= 0.6 is 12.2 Å². The average Bonchev–Trinajstić information content (AvgIpc) is 2.49. The SMILES string of the molecule is COc1ccccc1CC1(C(N)=O)C=C(C(N)=O)C(=S)NC1N. The summed E-state index contributed by atoms with van der Waals surface area (Å²) in [5, 5.41) is 2.74. The second-order valence-corrected chi connectivity index (χ2v) is 5.67. The third-order valence-electron chi connectivity index (χ3n) is 3.89. The van der Waals surface area contributed by atoms with Crippen LogP contribution in [0.4, 0.5) is 0 Å². The van der Waals surface area contributed by atoms with Gasteiger partial charge >= 0.3 is 0 Å². The van der Waals surface area contributed by atoms with Gasteiger partial charge in [-0.05, 0) is 24.1 Å². The van der Waals surface area contributed by atoms with E-state index in [2.05, 4.69) is 5.32 Å². The highest BCUT2D eigenvalue weighted by Crippen LogP contribution is 2.34. The number of carbonyl (C=O) groups is 2. The molecule has 1 aliphatic heterocycles. The van der Waals surface area contributed by atoms with Gasteiger partial charge in [0.05, 0.1) is 18.8 Å². The van der Waals surface area contributed by atoms with Crippen molar-refractivity contribution in [1.82, 2.24) is 5.32 Å². The average molecular weight is 334 g/mol. The van der Waals surface area contributed by atoms with Gasteiger partial charge in [0.25, 0.3) is 5.91 Å². The lowest BCUT2D eigenvalue weighted by Gasteiger charge is -2.38. The number of thiocarbonyl (C=S) groups is 1. The lowest BCUT2D eigenvalue weighted by molar-refractivity contribution is -0.126. The van der Waals surface area contributed by atoms with E-state index in [0.29, 0.717) is 5.75 Å². The molecular weight excluding hydrogens is 316 g/mol. The second-order valence-electron chi connectivity index (χ2n) is 5.27. The van der Waals surface area contributed by atoms with Crippen molar-refractivity contribution >= 4 is 29.0 Å². The standard InChI is InChI=1S/C15H18N4O3S/c1-22-10-5-3-2-4-8(10)6-15(14(18)21)7-9(11(16)20)12(23)19-13(15)17/h2-5,7,13H,6,17H2,1H3,(H2,16,20)(H2,18,21)(H,19,23). The minimum absolute atomic E-state index is 0.0235. The molecule has 0 radical (unpaired) electrons. The molecule has 0 fully saturated rings. The van der Waals surface area contributed by atoms with Crippen LogP contribution in [0.1, 0.15) is 5.56 Å². The zero-order valence-corrected chi connectivity index (χ0v) is 13.4. The molecule has 2 amide bonds. The van der Waals surface area contributed by atoms with E-state index >= 15 is 0 Å². The Kier molecular flexibility index (Phi) is 4.67. The van der Waals surface area contributed by atoms with Gasteiger partial charge in [0.1, 0.15) is 16.2 Å². The van der Waals surface area contributed by atoms with Crippen LogP contribution in [0.3, 0.4) is 0 Å². The fourth-order valence-corrected chi connectivity index (χ4v) is 2.87. The van der Waals surface area contributed by atoms with Gasteiger partial charge in [0.15, 0.2) is 0 Å². The Morgan fingerprint density at radius 1 is 1.35 bits per heavy atom. The van der Waals surface area contributed by atoms with Gasteiger partial charge < -0.3 is 27.3 Å². The lowest BCUT2D eigenvalue weighted by Crippen LogP contribution is -2.62. The maximum absolute atomic E-state index is 12.2. The largest absolute Gasteiger partial charge is 0.496 e. The Hall–Kier alpha value is -2.45. The second kappa shape index (κ2) is 6.35. The summed E-state index contributed by atoms with van der Waals surface area (Å²) >= 11 is 5.05. The topological polar surface area (TPSA) is 133 Å². The number of carbonyl (C=O) groups excluding carboxylic acids is 2. The van der Waals surface area contributed by atoms with Crippen LogP contribution in [-0.2, 0) is 16.0 Å². The molecule has 2 unspecified atom stereocenters. The molecule has 7 N–H and O–H groups in total. The minimum atomic E-state index is -1.36. The molecule has 1 aromatic rings. The smallest absolute Gasteiger partial charge is 0.251 e. The number of rotatable bonds is 5. The zero-order chi connectivity index (χ0) is 17.2. The van der Waals surface area contributed by atoms with Crippen LogP contribution in [0.25, 0.3) is 0 Å². The van der Waals surface area contributed by atoms with E-state index in [9.17, 15) is 9.59 Å². The first-order valence-electron chi connectivity index (χ1n) is 6.82. The van der Waals surface area contributed by atoms with Gasteiger partial charge in [-0.2, -0.15) is 0 Å². The van der Waals surface area contributed by atoms with Crippen molar-refractivity contribution in [2.45, 2.75) is 12.6 Å². The van der Waals surface area contributed by atoms with Gasteiger partial charge in [-0.3, -0.25) is 9.59 Å². The minimum Gasteiger partial charge on any atom is -0.496 e. The molecule has 8 heteroatoms. The zero-order valence-electron chi connectivity index (χ0n) is 12.5. The predicted molar refractivity (Wildman–Crippen MR) is 89.3 cm³/mol. The van der Waals surface area contributed by atoms with Crippen molar-refractivity contribution in [3.63, 3.8) is 0 Å². The van der Waals surface area contributed by atoms with E-state index in [1.54, 1.807) is 24.3 Å². The van der Waals surface area contributed by atoms with Crippen molar-refractivity contribution in [2.24, 2.45) is 22.6 Å². The summed E-state index contributed by atoms with van der Waals surface area (Å²) in [6.45, 7) is 0. The van der Waals surface area contributed by atoms with Crippen LogP contribution in [0, 0.1) is 5.41 Å². The molecule has 1 aromatic carbocycles. The number of benzene rings is 1. The van der Waals surface area contributed by atoms with Crippen LogP contribution in [0.2, 0.25) is 0 Å². The quantitative estimate of drug-likeness (QED) is 0.528. The van der Waals surface area contributed by atoms with Crippen molar-refractivity contribution in [3.8, 4) is 5.75 Å². The van der Waals surface area contributed by atoms with Gasteiger partial charge in [0.2, 0.25) is 5.91 Å². The summed E-state index contributed by atoms with van der Waals surface area (Å²) in [5.74, 6) is -0.854. The molecule has 23 heavy (non-hydrogen) atoms. The van der Waals surface area contributed by atoms with E-state index in [0.717, 1.165) is 5.56 Å². The van der Waals surface area contributed by atoms with Crippen molar-refractivity contribution in [1.29, 1.82) is 0 Å². The number of nitrogens with two attached hydrogens (primary N) is 3. The summed E-state index contributed by atoms with van der Waals surface area (Å²) in [7, 11) is 1.52. The molecule has 0 bridgehead atoms. The maximum atomic E-state index is 12.2. The molecule has 0 saturated carbocycles. The van der Waals surface area contributed by atoms with Crippen LogP contribution in [0.5, 0.6) is 5.75 Å². The van der Waals surface area contributed by atoms with E-state index in [1.807, 2.05) is 0 Å². The molecule has 1 aliphatic rings. The molecule has 0 spiro atoms. The summed E-state index contributed by atoms with van der Waals surface area (Å²) in [6.07, 6.45) is 0.619. The first-order valence-corrected chi connectivity index (χ1v) is 7.23. The number of ether oxygens (including phenoxy) is 1. The monoisotopic (exact) mass is 334 g/mol. The van der Waals surface area contributed by atoms with Crippen molar-refractivity contribution in [2.75, 3.05) is 7.11 Å². The molecule has 122 valence electrons. The molecule has 1 heterocycles. The summed E-state index contributed by atoms with van der Waals surface area (Å²) < 4.78 is 5.29. The molecule has 7 nitrogen and oxygen atoms in total. The van der Waals surface area contributed by atoms with E-state index in [-0.39, 0.29) is 17.0 Å². The van der Waals surface area contributed by atoms with Crippen LogP contribution in [0.15, 0.2) is 35.9 Å². The van der Waals surface area contributed by atoms with Crippen LogP contribution < -0.4 is 27.3 Å². The van der Waals surface area contributed by atoms with Gasteiger partial charge in [-0.1, -0.05) is 30.4 Å². The fourth-order valence-electron chi connectivity index (χ4n) is 2.58. The van der Waals surface area contributed by atoms with Crippen molar-refractivity contribution in [3.05, 3.63) is 41.5 Å². The Morgan fingerprint density at radius 3 is 2.57 bits per heavy atom. The van der Waals surface area contributed by atoms with Gasteiger partial charge in [-0.15, -0.1) is 0 Å². The highest BCUT2D eigenvalue weighted by molar-refractivity contribution is 7.80. The molecule has 2 atom stereocenters. The Morgan fingerprint density at radius 2 is 2.00 bits per heavy atom. The molecule has 0 aromatic heterocycles.